The molecule has 0 aliphatic carbocycles. The van der Waals surface area contributed by atoms with E-state index in [0.717, 1.165) is 22.3 Å². The molecule has 0 saturated carbocycles. The highest BCUT2D eigenvalue weighted by molar-refractivity contribution is 5.73. The number of benzene rings is 1. The summed E-state index contributed by atoms with van der Waals surface area (Å²) in [6.07, 6.45) is 0.285. The molecular weight excluding hydrogens is 230 g/mol. The minimum Gasteiger partial charge on any atom is -0.508 e. The summed E-state index contributed by atoms with van der Waals surface area (Å²) < 4.78 is 0. The summed E-state index contributed by atoms with van der Waals surface area (Å²) in [5.41, 5.74) is 9.20. The van der Waals surface area contributed by atoms with Crippen molar-refractivity contribution in [1.82, 2.24) is 0 Å². The molecule has 1 rings (SSSR count). The number of carboxylic acids is 1. The number of aryl methyl sites for hydroxylation is 1. The van der Waals surface area contributed by atoms with Crippen molar-refractivity contribution in [2.75, 3.05) is 0 Å². The smallest absolute Gasteiger partial charge is 0.320 e. The third kappa shape index (κ3) is 2.82. The van der Waals surface area contributed by atoms with Gasteiger partial charge in [0, 0.05) is 0 Å². The van der Waals surface area contributed by atoms with Gasteiger partial charge in [0.2, 0.25) is 0 Å². The Kier molecular flexibility index (Phi) is 4.35. The molecule has 0 saturated heterocycles. The molecular formula is C14H21NO3. The van der Waals surface area contributed by atoms with Crippen LogP contribution >= 0.6 is 0 Å². The van der Waals surface area contributed by atoms with Crippen LogP contribution < -0.4 is 5.73 Å². The van der Waals surface area contributed by atoms with E-state index in [1.165, 1.54) is 0 Å². The Morgan fingerprint density at radius 3 is 2.39 bits per heavy atom. The van der Waals surface area contributed by atoms with Crippen molar-refractivity contribution in [3.8, 4) is 5.75 Å². The first-order chi connectivity index (χ1) is 8.25. The SMILES string of the molecule is Cc1cc(O)c(C(C)C)c(C)c1C[C@H](N)C(=O)O. The van der Waals surface area contributed by atoms with E-state index < -0.39 is 12.0 Å². The van der Waals surface area contributed by atoms with Gasteiger partial charge in [-0.3, -0.25) is 4.79 Å². The zero-order chi connectivity index (χ0) is 14.0. The molecule has 4 N–H and O–H groups in total. The lowest BCUT2D eigenvalue weighted by Crippen LogP contribution is -2.32. The largest absolute Gasteiger partial charge is 0.508 e. The molecule has 0 aromatic heterocycles. The summed E-state index contributed by atoms with van der Waals surface area (Å²) in [5, 5.41) is 18.8. The summed E-state index contributed by atoms with van der Waals surface area (Å²) in [5.74, 6) is -0.550. The van der Waals surface area contributed by atoms with Crippen LogP contribution in [-0.4, -0.2) is 22.2 Å². The van der Waals surface area contributed by atoms with E-state index in [1.807, 2.05) is 27.7 Å². The van der Waals surface area contributed by atoms with Crippen LogP contribution in [0.5, 0.6) is 5.75 Å². The molecule has 1 aromatic rings. The lowest BCUT2D eigenvalue weighted by Gasteiger charge is -2.19. The number of phenols is 1. The molecule has 0 radical (unpaired) electrons. The van der Waals surface area contributed by atoms with Crippen LogP contribution in [0, 0.1) is 13.8 Å². The minimum absolute atomic E-state index is 0.186. The number of hydrogen-bond donors (Lipinski definition) is 3. The van der Waals surface area contributed by atoms with Crippen LogP contribution in [0.3, 0.4) is 0 Å². The zero-order valence-electron chi connectivity index (χ0n) is 11.3. The number of aromatic hydroxyl groups is 1. The highest BCUT2D eigenvalue weighted by Gasteiger charge is 2.19. The van der Waals surface area contributed by atoms with Crippen molar-refractivity contribution in [2.24, 2.45) is 5.73 Å². The Balaban J connectivity index is 3.27. The first-order valence-electron chi connectivity index (χ1n) is 6.06. The van der Waals surface area contributed by atoms with Crippen molar-refractivity contribution in [3.63, 3.8) is 0 Å². The van der Waals surface area contributed by atoms with Crippen LogP contribution in [0.25, 0.3) is 0 Å². The van der Waals surface area contributed by atoms with Gasteiger partial charge in [-0.25, -0.2) is 0 Å². The van der Waals surface area contributed by atoms with Gasteiger partial charge >= 0.3 is 5.97 Å². The number of carbonyl (C=O) groups is 1. The maximum absolute atomic E-state index is 10.8. The normalized spacial score (nSPS) is 12.8. The maximum atomic E-state index is 10.8. The van der Waals surface area contributed by atoms with Gasteiger partial charge in [0.1, 0.15) is 11.8 Å². The molecule has 0 aliphatic heterocycles. The van der Waals surface area contributed by atoms with Crippen molar-refractivity contribution >= 4 is 5.97 Å². The fourth-order valence-corrected chi connectivity index (χ4v) is 2.37. The fourth-order valence-electron chi connectivity index (χ4n) is 2.37. The second-order valence-corrected chi connectivity index (χ2v) is 5.03. The molecule has 0 spiro atoms. The Bertz CT molecular complexity index is 467. The number of nitrogens with two attached hydrogens (primary N) is 1. The second-order valence-electron chi connectivity index (χ2n) is 5.03. The van der Waals surface area contributed by atoms with E-state index in [4.69, 9.17) is 10.8 Å². The van der Waals surface area contributed by atoms with Crippen LogP contribution in [-0.2, 0) is 11.2 Å². The van der Waals surface area contributed by atoms with E-state index in [9.17, 15) is 9.90 Å². The van der Waals surface area contributed by atoms with Crippen molar-refractivity contribution in [2.45, 2.75) is 46.1 Å². The molecule has 18 heavy (non-hydrogen) atoms. The van der Waals surface area contributed by atoms with Gasteiger partial charge in [-0.1, -0.05) is 13.8 Å². The molecule has 100 valence electrons. The quantitative estimate of drug-likeness (QED) is 0.765. The standard InChI is InChI=1S/C14H21NO3/c1-7(2)13-9(4)10(6-11(15)14(17)18)8(3)5-12(13)16/h5,7,11,16H,6,15H2,1-4H3,(H,17,18)/t11-/m0/s1. The predicted octanol–water partition coefficient (Wildman–Crippen LogP) is 2.09. The molecule has 1 aromatic carbocycles. The molecule has 4 heteroatoms. The summed E-state index contributed by atoms with van der Waals surface area (Å²) in [6.45, 7) is 7.77. The van der Waals surface area contributed by atoms with Gasteiger partial charge in [-0.05, 0) is 54.5 Å². The van der Waals surface area contributed by atoms with E-state index >= 15 is 0 Å². The lowest BCUT2D eigenvalue weighted by molar-refractivity contribution is -0.138. The molecule has 1 atom stereocenters. The van der Waals surface area contributed by atoms with Crippen molar-refractivity contribution in [3.05, 3.63) is 28.3 Å². The van der Waals surface area contributed by atoms with E-state index in [-0.39, 0.29) is 18.1 Å². The molecule has 0 fully saturated rings. The van der Waals surface area contributed by atoms with Gasteiger partial charge in [-0.2, -0.15) is 0 Å². The van der Waals surface area contributed by atoms with Gasteiger partial charge in [0.25, 0.3) is 0 Å². The Morgan fingerprint density at radius 2 is 1.94 bits per heavy atom. The Labute approximate surface area is 107 Å². The summed E-state index contributed by atoms with van der Waals surface area (Å²) in [7, 11) is 0. The first kappa shape index (κ1) is 14.5. The Morgan fingerprint density at radius 1 is 1.39 bits per heavy atom. The Hall–Kier alpha value is -1.55. The molecule has 4 nitrogen and oxygen atoms in total. The highest BCUT2D eigenvalue weighted by Crippen LogP contribution is 2.33. The zero-order valence-corrected chi connectivity index (χ0v) is 11.3. The minimum atomic E-state index is -1.01. The number of aliphatic carboxylic acids is 1. The van der Waals surface area contributed by atoms with Crippen molar-refractivity contribution < 1.29 is 15.0 Å². The van der Waals surface area contributed by atoms with Crippen LogP contribution in [0.2, 0.25) is 0 Å². The summed E-state index contributed by atoms with van der Waals surface area (Å²) in [6, 6.07) is 0.777. The summed E-state index contributed by atoms with van der Waals surface area (Å²) >= 11 is 0. The average molecular weight is 251 g/mol. The van der Waals surface area contributed by atoms with Crippen molar-refractivity contribution in [1.29, 1.82) is 0 Å². The molecule has 0 unspecified atom stereocenters. The van der Waals surface area contributed by atoms with E-state index in [2.05, 4.69) is 0 Å². The van der Waals surface area contributed by atoms with Crippen LogP contribution in [0.15, 0.2) is 6.07 Å². The van der Waals surface area contributed by atoms with Crippen LogP contribution in [0.1, 0.15) is 42.0 Å². The number of hydrogen-bond acceptors (Lipinski definition) is 3. The molecule has 0 bridgehead atoms. The van der Waals surface area contributed by atoms with Gasteiger partial charge in [0.15, 0.2) is 0 Å². The highest BCUT2D eigenvalue weighted by atomic mass is 16.4. The van der Waals surface area contributed by atoms with E-state index in [0.29, 0.717) is 0 Å². The summed E-state index contributed by atoms with van der Waals surface area (Å²) in [4.78, 5) is 10.8. The monoisotopic (exact) mass is 251 g/mol. The number of rotatable bonds is 4. The number of phenolic OH excluding ortho intramolecular Hbond substituents is 1. The lowest BCUT2D eigenvalue weighted by atomic mass is 9.88. The van der Waals surface area contributed by atoms with Gasteiger partial charge < -0.3 is 15.9 Å². The third-order valence-electron chi connectivity index (χ3n) is 3.28. The van der Waals surface area contributed by atoms with Crippen LogP contribution in [0.4, 0.5) is 0 Å². The molecule has 0 heterocycles. The average Bonchev–Trinajstić information content (AvgIpc) is 2.22. The first-order valence-corrected chi connectivity index (χ1v) is 6.06. The molecule has 0 amide bonds. The van der Waals surface area contributed by atoms with Gasteiger partial charge in [-0.15, -0.1) is 0 Å². The predicted molar refractivity (Wildman–Crippen MR) is 71.0 cm³/mol. The van der Waals surface area contributed by atoms with E-state index in [1.54, 1.807) is 6.07 Å². The second kappa shape index (κ2) is 5.40. The fraction of sp³-hybridized carbons (Fsp3) is 0.500. The molecule has 0 aliphatic rings. The maximum Gasteiger partial charge on any atom is 0.320 e. The topological polar surface area (TPSA) is 83.5 Å². The third-order valence-corrected chi connectivity index (χ3v) is 3.28. The van der Waals surface area contributed by atoms with Gasteiger partial charge in [0.05, 0.1) is 0 Å². The number of carboxylic acid groups (broad SMARTS) is 1.